The lowest BCUT2D eigenvalue weighted by Crippen LogP contribution is -2.47. The van der Waals surface area contributed by atoms with Crippen LogP contribution in [-0.2, 0) is 19.0 Å². The Balaban J connectivity index is 2.02. The van der Waals surface area contributed by atoms with Crippen molar-refractivity contribution in [1.29, 1.82) is 0 Å². The Morgan fingerprint density at radius 2 is 2.33 bits per heavy atom. The third kappa shape index (κ3) is 5.11. The fourth-order valence-corrected chi connectivity index (χ4v) is 1.26. The Kier molecular flexibility index (Phi) is 6.31. The molecule has 1 unspecified atom stereocenters. The third-order valence-electron chi connectivity index (χ3n) is 2.03. The summed E-state index contributed by atoms with van der Waals surface area (Å²) in [6.07, 6.45) is 0.978. The molecular weight excluding hydrogens is 198 g/mol. The third-order valence-corrected chi connectivity index (χ3v) is 2.03. The van der Waals surface area contributed by atoms with Gasteiger partial charge in [0.05, 0.1) is 19.8 Å². The molecule has 5 nitrogen and oxygen atoms in total. The Morgan fingerprint density at radius 1 is 1.47 bits per heavy atom. The van der Waals surface area contributed by atoms with Gasteiger partial charge in [0.25, 0.3) is 0 Å². The van der Waals surface area contributed by atoms with Crippen molar-refractivity contribution in [2.45, 2.75) is 19.4 Å². The Morgan fingerprint density at radius 3 is 3.00 bits per heavy atom. The molecule has 0 bridgehead atoms. The Bertz CT molecular complexity index is 180. The molecule has 5 heteroatoms. The van der Waals surface area contributed by atoms with Crippen molar-refractivity contribution in [1.82, 2.24) is 5.32 Å². The molecule has 0 radical (unpaired) electrons. The minimum atomic E-state index is -0.315. The van der Waals surface area contributed by atoms with Crippen molar-refractivity contribution in [3.63, 3.8) is 0 Å². The van der Waals surface area contributed by atoms with E-state index in [1.807, 2.05) is 6.92 Å². The molecular formula is C10H19NO4. The van der Waals surface area contributed by atoms with Gasteiger partial charge in [-0.25, -0.2) is 0 Å². The highest BCUT2D eigenvalue weighted by Crippen LogP contribution is 1.96. The van der Waals surface area contributed by atoms with Crippen LogP contribution >= 0.6 is 0 Å². The molecule has 1 fully saturated rings. The topological polar surface area (TPSA) is 56.8 Å². The van der Waals surface area contributed by atoms with E-state index in [9.17, 15) is 4.79 Å². The van der Waals surface area contributed by atoms with Crippen molar-refractivity contribution in [3.05, 3.63) is 0 Å². The molecule has 0 spiro atoms. The largest absolute Gasteiger partial charge is 0.462 e. The molecule has 1 aliphatic rings. The summed E-state index contributed by atoms with van der Waals surface area (Å²) in [5, 5.41) is 3.03. The predicted molar refractivity (Wildman–Crippen MR) is 54.7 cm³/mol. The maximum Gasteiger partial charge on any atom is 0.325 e. The first-order valence-corrected chi connectivity index (χ1v) is 5.40. The average molecular weight is 217 g/mol. The molecule has 1 N–H and O–H groups in total. The first-order valence-electron chi connectivity index (χ1n) is 5.40. The van der Waals surface area contributed by atoms with Crippen molar-refractivity contribution >= 4 is 5.97 Å². The van der Waals surface area contributed by atoms with Gasteiger partial charge in [-0.05, 0) is 6.42 Å². The molecule has 88 valence electrons. The Hall–Kier alpha value is -0.650. The number of carbonyl (C=O) groups is 1. The van der Waals surface area contributed by atoms with Crippen molar-refractivity contribution in [3.8, 4) is 0 Å². The highest BCUT2D eigenvalue weighted by atomic mass is 16.6. The van der Waals surface area contributed by atoms with Gasteiger partial charge >= 0.3 is 5.97 Å². The molecule has 1 atom stereocenters. The van der Waals surface area contributed by atoms with Crippen LogP contribution in [0.25, 0.3) is 0 Å². The second kappa shape index (κ2) is 7.62. The van der Waals surface area contributed by atoms with Crippen LogP contribution in [0, 0.1) is 0 Å². The summed E-state index contributed by atoms with van der Waals surface area (Å²) in [6.45, 7) is 5.28. The van der Waals surface area contributed by atoms with E-state index < -0.39 is 0 Å². The zero-order valence-electron chi connectivity index (χ0n) is 9.16. The SMILES string of the molecule is CCCOCCOC(=O)C1COCCN1. The standard InChI is InChI=1S/C10H19NO4/c1-2-4-13-6-7-15-10(12)9-8-14-5-3-11-9/h9,11H,2-8H2,1H3. The zero-order chi connectivity index (χ0) is 10.9. The summed E-state index contributed by atoms with van der Waals surface area (Å²) in [5.74, 6) is -0.255. The van der Waals surface area contributed by atoms with Crippen molar-refractivity contribution < 1.29 is 19.0 Å². The second-order valence-corrected chi connectivity index (χ2v) is 3.36. The van der Waals surface area contributed by atoms with Crippen LogP contribution < -0.4 is 5.32 Å². The van der Waals surface area contributed by atoms with E-state index >= 15 is 0 Å². The van der Waals surface area contributed by atoms with E-state index in [0.29, 0.717) is 39.6 Å². The average Bonchev–Trinajstić information content (AvgIpc) is 2.30. The first kappa shape index (κ1) is 12.4. The van der Waals surface area contributed by atoms with Gasteiger partial charge in [-0.3, -0.25) is 4.79 Å². The number of rotatable bonds is 6. The fourth-order valence-electron chi connectivity index (χ4n) is 1.26. The van der Waals surface area contributed by atoms with Crippen LogP contribution in [0.5, 0.6) is 0 Å². The van der Waals surface area contributed by atoms with E-state index in [1.54, 1.807) is 0 Å². The smallest absolute Gasteiger partial charge is 0.325 e. The summed E-state index contributed by atoms with van der Waals surface area (Å²) in [6, 6.07) is -0.315. The van der Waals surface area contributed by atoms with Gasteiger partial charge < -0.3 is 19.5 Å². The van der Waals surface area contributed by atoms with Crippen LogP contribution in [0.1, 0.15) is 13.3 Å². The molecule has 0 aromatic carbocycles. The lowest BCUT2D eigenvalue weighted by molar-refractivity contribution is -0.150. The summed E-state index contributed by atoms with van der Waals surface area (Å²) in [7, 11) is 0. The lowest BCUT2D eigenvalue weighted by Gasteiger charge is -2.22. The number of morpholine rings is 1. The molecule has 0 amide bonds. The second-order valence-electron chi connectivity index (χ2n) is 3.36. The number of esters is 1. The van der Waals surface area contributed by atoms with Gasteiger partial charge in [0.1, 0.15) is 12.6 Å². The highest BCUT2D eigenvalue weighted by molar-refractivity contribution is 5.76. The number of ether oxygens (including phenoxy) is 3. The molecule has 1 aliphatic heterocycles. The van der Waals surface area contributed by atoms with Crippen LogP contribution in [0.15, 0.2) is 0 Å². The summed E-state index contributed by atoms with van der Waals surface area (Å²) >= 11 is 0. The van der Waals surface area contributed by atoms with Gasteiger partial charge in [-0.2, -0.15) is 0 Å². The van der Waals surface area contributed by atoms with Gasteiger partial charge in [0.2, 0.25) is 0 Å². The molecule has 1 heterocycles. The zero-order valence-corrected chi connectivity index (χ0v) is 9.16. The van der Waals surface area contributed by atoms with E-state index in [2.05, 4.69) is 5.32 Å². The minimum Gasteiger partial charge on any atom is -0.462 e. The monoisotopic (exact) mass is 217 g/mol. The van der Waals surface area contributed by atoms with Gasteiger partial charge in [-0.1, -0.05) is 6.92 Å². The highest BCUT2D eigenvalue weighted by Gasteiger charge is 2.22. The fraction of sp³-hybridized carbons (Fsp3) is 0.900. The number of nitrogens with one attached hydrogen (secondary N) is 1. The minimum absolute atomic E-state index is 0.255. The lowest BCUT2D eigenvalue weighted by atomic mass is 10.3. The van der Waals surface area contributed by atoms with Crippen molar-refractivity contribution in [2.24, 2.45) is 0 Å². The van der Waals surface area contributed by atoms with Crippen molar-refractivity contribution in [2.75, 3.05) is 39.6 Å². The maximum atomic E-state index is 11.4. The van der Waals surface area contributed by atoms with Crippen LogP contribution in [0.3, 0.4) is 0 Å². The van der Waals surface area contributed by atoms with Gasteiger partial charge in [-0.15, -0.1) is 0 Å². The first-order chi connectivity index (χ1) is 7.34. The summed E-state index contributed by atoms with van der Waals surface area (Å²) < 4.78 is 15.4. The van der Waals surface area contributed by atoms with Gasteiger partial charge in [0.15, 0.2) is 0 Å². The van der Waals surface area contributed by atoms with E-state index in [1.165, 1.54) is 0 Å². The quantitative estimate of drug-likeness (QED) is 0.499. The van der Waals surface area contributed by atoms with Crippen LogP contribution in [0.4, 0.5) is 0 Å². The van der Waals surface area contributed by atoms with E-state index in [0.717, 1.165) is 6.42 Å². The molecule has 0 aliphatic carbocycles. The van der Waals surface area contributed by atoms with E-state index in [-0.39, 0.29) is 12.0 Å². The Labute approximate surface area is 90.1 Å². The summed E-state index contributed by atoms with van der Waals surface area (Å²) in [4.78, 5) is 11.4. The molecule has 1 rings (SSSR count). The number of hydrogen-bond acceptors (Lipinski definition) is 5. The molecule has 1 saturated heterocycles. The summed E-state index contributed by atoms with van der Waals surface area (Å²) in [5.41, 5.74) is 0. The number of hydrogen-bond donors (Lipinski definition) is 1. The molecule has 0 aromatic heterocycles. The van der Waals surface area contributed by atoms with E-state index in [4.69, 9.17) is 14.2 Å². The predicted octanol–water partition coefficient (Wildman–Crippen LogP) is -0.0554. The number of carbonyl (C=O) groups excluding carboxylic acids is 1. The molecule has 0 saturated carbocycles. The van der Waals surface area contributed by atoms with Crippen LogP contribution in [-0.4, -0.2) is 51.6 Å². The maximum absolute atomic E-state index is 11.4. The van der Waals surface area contributed by atoms with Crippen LogP contribution in [0.2, 0.25) is 0 Å². The normalized spacial score (nSPS) is 21.3. The van der Waals surface area contributed by atoms with Gasteiger partial charge in [0, 0.05) is 13.2 Å². The molecule has 0 aromatic rings. The molecule has 15 heavy (non-hydrogen) atoms.